The van der Waals surface area contributed by atoms with Gasteiger partial charge in [0.15, 0.2) is 0 Å². The van der Waals surface area contributed by atoms with Crippen molar-refractivity contribution in [3.63, 3.8) is 0 Å². The Morgan fingerprint density at radius 1 is 1.31 bits per heavy atom. The van der Waals surface area contributed by atoms with Crippen molar-refractivity contribution in [1.82, 2.24) is 5.32 Å². The van der Waals surface area contributed by atoms with E-state index in [-0.39, 0.29) is 0 Å². The van der Waals surface area contributed by atoms with Crippen molar-refractivity contribution in [2.75, 3.05) is 18.1 Å². The number of nitrogens with one attached hydrogen (secondary N) is 1. The van der Waals surface area contributed by atoms with E-state index in [2.05, 4.69) is 12.2 Å². The summed E-state index contributed by atoms with van der Waals surface area (Å²) < 4.78 is 11.6. The van der Waals surface area contributed by atoms with Crippen molar-refractivity contribution >= 4 is 10.8 Å². The first-order valence-corrected chi connectivity index (χ1v) is 6.83. The van der Waals surface area contributed by atoms with E-state index in [1.54, 1.807) is 0 Å². The molecule has 0 bridgehead atoms. The normalized spacial score (nSPS) is 42.4. The van der Waals surface area contributed by atoms with Crippen LogP contribution in [0.4, 0.5) is 0 Å². The monoisotopic (exact) mass is 201 g/mol. The van der Waals surface area contributed by atoms with Crippen molar-refractivity contribution in [3.8, 4) is 0 Å². The highest BCUT2D eigenvalue weighted by Crippen LogP contribution is 2.30. The first-order valence-electron chi connectivity index (χ1n) is 5.34. The van der Waals surface area contributed by atoms with Crippen molar-refractivity contribution < 1.29 is 4.21 Å². The maximum atomic E-state index is 11.6. The molecule has 0 radical (unpaired) electrons. The molecule has 2 aliphatic rings. The first-order chi connectivity index (χ1) is 6.25. The molecule has 0 spiro atoms. The fourth-order valence-corrected chi connectivity index (χ4v) is 3.88. The van der Waals surface area contributed by atoms with E-state index in [9.17, 15) is 4.21 Å². The van der Waals surface area contributed by atoms with E-state index in [1.165, 1.54) is 19.3 Å². The van der Waals surface area contributed by atoms with Crippen LogP contribution in [0, 0.1) is 11.8 Å². The smallest absolute Gasteiger partial charge is 0.0391 e. The van der Waals surface area contributed by atoms with Gasteiger partial charge in [0, 0.05) is 28.3 Å². The third-order valence-corrected chi connectivity index (χ3v) is 4.95. The second-order valence-corrected chi connectivity index (χ2v) is 6.13. The van der Waals surface area contributed by atoms with Crippen LogP contribution in [0.2, 0.25) is 0 Å². The fraction of sp³-hybridized carbons (Fsp3) is 1.00. The maximum Gasteiger partial charge on any atom is 0.0391 e. The molecule has 0 amide bonds. The molecule has 0 aromatic heterocycles. The Labute approximate surface area is 82.9 Å². The van der Waals surface area contributed by atoms with E-state index < -0.39 is 10.8 Å². The van der Waals surface area contributed by atoms with Gasteiger partial charge in [0.25, 0.3) is 0 Å². The molecule has 3 atom stereocenters. The van der Waals surface area contributed by atoms with E-state index in [0.717, 1.165) is 24.0 Å². The molecule has 76 valence electrons. The lowest BCUT2D eigenvalue weighted by atomic mass is 9.80. The van der Waals surface area contributed by atoms with Crippen LogP contribution in [0.15, 0.2) is 0 Å². The summed E-state index contributed by atoms with van der Waals surface area (Å²) in [5.74, 6) is 3.21. The van der Waals surface area contributed by atoms with Crippen molar-refractivity contribution in [2.45, 2.75) is 32.2 Å². The molecule has 1 saturated heterocycles. The molecule has 13 heavy (non-hydrogen) atoms. The van der Waals surface area contributed by atoms with Crippen LogP contribution in [0.3, 0.4) is 0 Å². The predicted molar refractivity (Wildman–Crippen MR) is 56.2 cm³/mol. The third kappa shape index (κ3) is 2.32. The average molecular weight is 201 g/mol. The zero-order chi connectivity index (χ0) is 9.26. The van der Waals surface area contributed by atoms with Gasteiger partial charge in [-0.3, -0.25) is 4.21 Å². The van der Waals surface area contributed by atoms with E-state index >= 15 is 0 Å². The quantitative estimate of drug-likeness (QED) is 0.689. The molecular weight excluding hydrogens is 182 g/mol. The molecule has 1 aliphatic carbocycles. The molecule has 2 nitrogen and oxygen atoms in total. The lowest BCUT2D eigenvalue weighted by molar-refractivity contribution is 0.242. The molecule has 0 aromatic rings. The number of hydrogen-bond acceptors (Lipinski definition) is 2. The molecule has 0 aromatic carbocycles. The van der Waals surface area contributed by atoms with Gasteiger partial charge in [-0.25, -0.2) is 0 Å². The molecular formula is C10H19NOS. The van der Waals surface area contributed by atoms with Gasteiger partial charge in [-0.15, -0.1) is 0 Å². The molecule has 3 unspecified atom stereocenters. The summed E-state index contributed by atoms with van der Waals surface area (Å²) in [6, 6.07) is 0.555. The molecule has 1 aliphatic heterocycles. The Hall–Kier alpha value is 0.110. The highest BCUT2D eigenvalue weighted by atomic mass is 32.2. The standard InChI is InChI=1S/C10H19NOS/c1-8-5-11-10(7-13(12)6-8)9-3-2-4-9/h8-11H,2-7H2,1H3. The van der Waals surface area contributed by atoms with E-state index in [1.807, 2.05) is 0 Å². The first kappa shape index (κ1) is 9.66. The minimum Gasteiger partial charge on any atom is -0.312 e. The Morgan fingerprint density at radius 2 is 2.08 bits per heavy atom. The summed E-state index contributed by atoms with van der Waals surface area (Å²) in [4.78, 5) is 0. The van der Waals surface area contributed by atoms with Crippen molar-refractivity contribution in [2.24, 2.45) is 11.8 Å². The van der Waals surface area contributed by atoms with Crippen molar-refractivity contribution in [3.05, 3.63) is 0 Å². The van der Waals surface area contributed by atoms with Gasteiger partial charge in [-0.05, 0) is 31.2 Å². The molecule has 1 heterocycles. The summed E-state index contributed by atoms with van der Waals surface area (Å²) in [5.41, 5.74) is 0. The van der Waals surface area contributed by atoms with E-state index in [0.29, 0.717) is 12.0 Å². The zero-order valence-corrected chi connectivity index (χ0v) is 9.11. The fourth-order valence-electron chi connectivity index (χ4n) is 2.20. The molecule has 1 saturated carbocycles. The highest BCUT2D eigenvalue weighted by Gasteiger charge is 2.30. The summed E-state index contributed by atoms with van der Waals surface area (Å²) >= 11 is 0. The Morgan fingerprint density at radius 3 is 2.69 bits per heavy atom. The third-order valence-electron chi connectivity index (χ3n) is 3.28. The Balaban J connectivity index is 1.92. The van der Waals surface area contributed by atoms with Gasteiger partial charge in [-0.1, -0.05) is 13.3 Å². The van der Waals surface area contributed by atoms with Gasteiger partial charge >= 0.3 is 0 Å². The average Bonchev–Trinajstić information content (AvgIpc) is 2.09. The van der Waals surface area contributed by atoms with Gasteiger partial charge in [0.2, 0.25) is 0 Å². The zero-order valence-electron chi connectivity index (χ0n) is 8.29. The van der Waals surface area contributed by atoms with Gasteiger partial charge in [0.1, 0.15) is 0 Å². The summed E-state index contributed by atoms with van der Waals surface area (Å²) in [7, 11) is -0.569. The van der Waals surface area contributed by atoms with Crippen LogP contribution in [0.25, 0.3) is 0 Å². The minimum absolute atomic E-state index is 0.555. The molecule has 2 rings (SSSR count). The largest absolute Gasteiger partial charge is 0.312 e. The second-order valence-electron chi connectivity index (χ2n) is 4.58. The molecule has 2 fully saturated rings. The number of hydrogen-bond donors (Lipinski definition) is 1. The summed E-state index contributed by atoms with van der Waals surface area (Å²) in [6.45, 7) is 3.25. The Kier molecular flexibility index (Phi) is 3.04. The Bertz CT molecular complexity index is 203. The van der Waals surface area contributed by atoms with E-state index in [4.69, 9.17) is 0 Å². The number of rotatable bonds is 1. The highest BCUT2D eigenvalue weighted by molar-refractivity contribution is 7.85. The lowest BCUT2D eigenvalue weighted by Gasteiger charge is -2.33. The van der Waals surface area contributed by atoms with Crippen LogP contribution >= 0.6 is 0 Å². The molecule has 3 heteroatoms. The summed E-state index contributed by atoms with van der Waals surface area (Å²) in [5, 5.41) is 3.57. The van der Waals surface area contributed by atoms with Crippen LogP contribution in [0.5, 0.6) is 0 Å². The van der Waals surface area contributed by atoms with Gasteiger partial charge in [-0.2, -0.15) is 0 Å². The van der Waals surface area contributed by atoms with Gasteiger partial charge < -0.3 is 5.32 Å². The van der Waals surface area contributed by atoms with Crippen LogP contribution in [-0.2, 0) is 10.8 Å². The summed E-state index contributed by atoms with van der Waals surface area (Å²) in [6.07, 6.45) is 4.08. The van der Waals surface area contributed by atoms with Crippen LogP contribution < -0.4 is 5.32 Å². The maximum absolute atomic E-state index is 11.6. The van der Waals surface area contributed by atoms with Crippen molar-refractivity contribution in [1.29, 1.82) is 0 Å². The van der Waals surface area contributed by atoms with Crippen LogP contribution in [-0.4, -0.2) is 28.3 Å². The minimum atomic E-state index is -0.569. The predicted octanol–water partition coefficient (Wildman–Crippen LogP) is 1.14. The van der Waals surface area contributed by atoms with Crippen LogP contribution in [0.1, 0.15) is 26.2 Å². The topological polar surface area (TPSA) is 29.1 Å². The SMILES string of the molecule is CC1CNC(C2CCC2)CS(=O)C1. The lowest BCUT2D eigenvalue weighted by Crippen LogP contribution is -2.42. The van der Waals surface area contributed by atoms with Gasteiger partial charge in [0.05, 0.1) is 0 Å². The molecule has 1 N–H and O–H groups in total. The second kappa shape index (κ2) is 4.09.